The molecule has 6 heteroatoms. The van der Waals surface area contributed by atoms with E-state index >= 15 is 0 Å². The number of non-ortho nitro benzene ring substituents is 1. The largest absolute Gasteiger partial charge is 0.465 e. The van der Waals surface area contributed by atoms with Crippen LogP contribution in [0.1, 0.15) is 22.3 Å². The maximum atomic E-state index is 11.5. The van der Waals surface area contributed by atoms with Crippen LogP contribution in [0.15, 0.2) is 24.3 Å². The van der Waals surface area contributed by atoms with Crippen LogP contribution in [0.4, 0.5) is 5.69 Å². The highest BCUT2D eigenvalue weighted by atomic mass is 16.6. The Morgan fingerprint density at radius 3 is 2.89 bits per heavy atom. The summed E-state index contributed by atoms with van der Waals surface area (Å²) in [5, 5.41) is 19.0. The maximum absolute atomic E-state index is 11.5. The third kappa shape index (κ3) is 3.15. The van der Waals surface area contributed by atoms with Gasteiger partial charge in [-0.3, -0.25) is 10.1 Å². The quantitative estimate of drug-likeness (QED) is 0.461. The second-order valence-corrected chi connectivity index (χ2v) is 3.28. The first-order chi connectivity index (χ1) is 8.60. The third-order valence-electron chi connectivity index (χ3n) is 2.16. The van der Waals surface area contributed by atoms with Gasteiger partial charge in [0.15, 0.2) is 0 Å². The number of carbonyl (C=O) groups excluding carboxylic acids is 1. The lowest BCUT2D eigenvalue weighted by Crippen LogP contribution is -2.04. The van der Waals surface area contributed by atoms with Crippen molar-refractivity contribution in [2.24, 2.45) is 0 Å². The van der Waals surface area contributed by atoms with Crippen molar-refractivity contribution in [3.63, 3.8) is 0 Å². The number of hydrogen-bond acceptors (Lipinski definition) is 5. The summed E-state index contributed by atoms with van der Waals surface area (Å²) in [6.45, 7) is 0. The molecule has 0 unspecified atom stereocenters. The Hall–Kier alpha value is -2.68. The molecule has 0 radical (unpaired) electrons. The van der Waals surface area contributed by atoms with Gasteiger partial charge in [-0.1, -0.05) is 12.2 Å². The van der Waals surface area contributed by atoms with Gasteiger partial charge >= 0.3 is 5.97 Å². The number of methoxy groups -OCH3 is 1. The minimum atomic E-state index is -0.657. The van der Waals surface area contributed by atoms with Crippen LogP contribution in [0.5, 0.6) is 0 Å². The van der Waals surface area contributed by atoms with E-state index in [1.807, 2.05) is 6.07 Å². The number of nitriles is 1. The molecule has 0 fully saturated rings. The molecule has 92 valence electrons. The van der Waals surface area contributed by atoms with Gasteiger partial charge in [0.05, 0.1) is 30.1 Å². The number of rotatable bonds is 4. The van der Waals surface area contributed by atoms with Crippen LogP contribution >= 0.6 is 0 Å². The summed E-state index contributed by atoms with van der Waals surface area (Å²) in [6, 6.07) is 5.80. The molecule has 0 aliphatic rings. The number of hydrogen-bond donors (Lipinski definition) is 0. The normalized spacial score (nSPS) is 10.0. The molecule has 0 amide bonds. The van der Waals surface area contributed by atoms with Gasteiger partial charge < -0.3 is 4.74 Å². The molecular formula is C12H10N2O4. The molecular weight excluding hydrogens is 236 g/mol. The van der Waals surface area contributed by atoms with E-state index in [-0.39, 0.29) is 17.7 Å². The van der Waals surface area contributed by atoms with E-state index in [0.29, 0.717) is 5.56 Å². The number of esters is 1. The molecule has 1 aromatic rings. The second kappa shape index (κ2) is 6.15. The van der Waals surface area contributed by atoms with E-state index in [1.165, 1.54) is 19.2 Å². The number of ether oxygens (including phenoxy) is 1. The van der Waals surface area contributed by atoms with Crippen molar-refractivity contribution in [2.45, 2.75) is 6.42 Å². The highest BCUT2D eigenvalue weighted by molar-refractivity contribution is 5.94. The van der Waals surface area contributed by atoms with Gasteiger partial charge in [-0.25, -0.2) is 4.79 Å². The van der Waals surface area contributed by atoms with Gasteiger partial charge in [0.1, 0.15) is 0 Å². The zero-order chi connectivity index (χ0) is 13.5. The monoisotopic (exact) mass is 246 g/mol. The minimum absolute atomic E-state index is 0.0980. The Morgan fingerprint density at radius 1 is 1.61 bits per heavy atom. The summed E-state index contributed by atoms with van der Waals surface area (Å²) in [4.78, 5) is 21.5. The molecule has 0 bridgehead atoms. The van der Waals surface area contributed by atoms with Crippen LogP contribution in [-0.4, -0.2) is 18.0 Å². The van der Waals surface area contributed by atoms with Crippen LogP contribution in [-0.2, 0) is 4.74 Å². The molecule has 1 rings (SSSR count). The predicted octanol–water partition coefficient (Wildman–Crippen LogP) is 2.31. The number of benzene rings is 1. The topological polar surface area (TPSA) is 93.2 Å². The SMILES string of the molecule is COC(=O)c1cc([N+](=O)[O-])ccc1C=CCC#N. The van der Waals surface area contributed by atoms with E-state index in [4.69, 9.17) is 5.26 Å². The van der Waals surface area contributed by atoms with Gasteiger partial charge in [0, 0.05) is 12.1 Å². The van der Waals surface area contributed by atoms with Gasteiger partial charge in [-0.15, -0.1) is 0 Å². The number of nitro groups is 1. The molecule has 1 aromatic carbocycles. The van der Waals surface area contributed by atoms with Crippen LogP contribution in [0.2, 0.25) is 0 Å². The molecule has 6 nitrogen and oxygen atoms in total. The van der Waals surface area contributed by atoms with Crippen LogP contribution in [0, 0.1) is 21.4 Å². The molecule has 0 heterocycles. The summed E-state index contributed by atoms with van der Waals surface area (Å²) in [7, 11) is 1.20. The van der Waals surface area contributed by atoms with Crippen molar-refractivity contribution in [1.82, 2.24) is 0 Å². The second-order valence-electron chi connectivity index (χ2n) is 3.28. The first kappa shape index (κ1) is 13.4. The van der Waals surface area contributed by atoms with Crippen LogP contribution in [0.25, 0.3) is 6.08 Å². The van der Waals surface area contributed by atoms with Crippen LogP contribution < -0.4 is 0 Å². The number of nitrogens with zero attached hydrogens (tertiary/aromatic N) is 2. The lowest BCUT2D eigenvalue weighted by Gasteiger charge is -2.03. The summed E-state index contributed by atoms with van der Waals surface area (Å²) in [5.74, 6) is -0.657. The van der Waals surface area contributed by atoms with Crippen LogP contribution in [0.3, 0.4) is 0 Å². The Labute approximate surface area is 103 Å². The van der Waals surface area contributed by atoms with Gasteiger partial charge in [-0.05, 0) is 11.6 Å². The van der Waals surface area contributed by atoms with Crippen molar-refractivity contribution in [3.05, 3.63) is 45.5 Å². The summed E-state index contributed by atoms with van der Waals surface area (Å²) in [5.41, 5.74) is 0.386. The van der Waals surface area contributed by atoms with Crippen molar-refractivity contribution in [2.75, 3.05) is 7.11 Å². The summed E-state index contributed by atoms with van der Waals surface area (Å²) >= 11 is 0. The maximum Gasteiger partial charge on any atom is 0.338 e. The zero-order valence-corrected chi connectivity index (χ0v) is 9.62. The Bertz CT molecular complexity index is 543. The Kier molecular flexibility index (Phi) is 4.58. The van der Waals surface area contributed by atoms with E-state index in [9.17, 15) is 14.9 Å². The molecule has 0 saturated carbocycles. The molecule has 0 aromatic heterocycles. The molecule has 0 saturated heterocycles. The molecule has 18 heavy (non-hydrogen) atoms. The molecule has 0 N–H and O–H groups in total. The number of nitro benzene ring substituents is 1. The van der Waals surface area contributed by atoms with Gasteiger partial charge in [0.25, 0.3) is 5.69 Å². The van der Waals surface area contributed by atoms with E-state index < -0.39 is 10.9 Å². The van der Waals surface area contributed by atoms with Crippen molar-refractivity contribution in [1.29, 1.82) is 5.26 Å². The predicted molar refractivity (Wildman–Crippen MR) is 63.7 cm³/mol. The number of carbonyl (C=O) groups is 1. The average Bonchev–Trinajstić information content (AvgIpc) is 2.38. The average molecular weight is 246 g/mol. The first-order valence-corrected chi connectivity index (χ1v) is 5.00. The van der Waals surface area contributed by atoms with Crippen molar-refractivity contribution >= 4 is 17.7 Å². The van der Waals surface area contributed by atoms with Crippen molar-refractivity contribution in [3.8, 4) is 6.07 Å². The van der Waals surface area contributed by atoms with Gasteiger partial charge in [-0.2, -0.15) is 5.26 Å². The molecule has 0 aliphatic heterocycles. The lowest BCUT2D eigenvalue weighted by molar-refractivity contribution is -0.384. The summed E-state index contributed by atoms with van der Waals surface area (Å²) in [6.07, 6.45) is 3.31. The van der Waals surface area contributed by atoms with Crippen molar-refractivity contribution < 1.29 is 14.5 Å². The first-order valence-electron chi connectivity index (χ1n) is 5.00. The minimum Gasteiger partial charge on any atom is -0.465 e. The fourth-order valence-corrected chi connectivity index (χ4v) is 1.33. The third-order valence-corrected chi connectivity index (χ3v) is 2.16. The van der Waals surface area contributed by atoms with E-state index in [1.54, 1.807) is 12.2 Å². The zero-order valence-electron chi connectivity index (χ0n) is 9.62. The smallest absolute Gasteiger partial charge is 0.338 e. The Balaban J connectivity index is 3.21. The summed E-state index contributed by atoms with van der Waals surface area (Å²) < 4.78 is 4.56. The Morgan fingerprint density at radius 2 is 2.33 bits per heavy atom. The number of allylic oxidation sites excluding steroid dienone is 1. The van der Waals surface area contributed by atoms with E-state index in [0.717, 1.165) is 6.07 Å². The van der Waals surface area contributed by atoms with E-state index in [2.05, 4.69) is 4.74 Å². The van der Waals surface area contributed by atoms with Gasteiger partial charge in [0.2, 0.25) is 0 Å². The molecule has 0 aliphatic carbocycles. The molecule has 0 atom stereocenters. The molecule has 0 spiro atoms. The standard InChI is InChI=1S/C12H10N2O4/c1-18-12(15)11-8-10(14(16)17)6-5-9(11)4-2-3-7-13/h2,4-6,8H,3H2,1H3. The fourth-order valence-electron chi connectivity index (χ4n) is 1.33. The highest BCUT2D eigenvalue weighted by Gasteiger charge is 2.15. The highest BCUT2D eigenvalue weighted by Crippen LogP contribution is 2.20. The fraction of sp³-hybridized carbons (Fsp3) is 0.167. The lowest BCUT2D eigenvalue weighted by atomic mass is 10.1.